The molecule has 4 saturated heterocycles. The van der Waals surface area contributed by atoms with Crippen LogP contribution in [0.25, 0.3) is 0 Å². The predicted octanol–water partition coefficient (Wildman–Crippen LogP) is -0.0181. The molecule has 4 fully saturated rings. The van der Waals surface area contributed by atoms with E-state index in [0.717, 1.165) is 45.6 Å². The van der Waals surface area contributed by atoms with Gasteiger partial charge >= 0.3 is 6.03 Å². The van der Waals surface area contributed by atoms with Gasteiger partial charge in [-0.2, -0.15) is 0 Å². The van der Waals surface area contributed by atoms with Crippen molar-refractivity contribution in [3.63, 3.8) is 0 Å². The topological polar surface area (TPSA) is 76.7 Å². The number of hydrogen-bond donors (Lipinski definition) is 3. The van der Waals surface area contributed by atoms with Crippen molar-refractivity contribution in [1.29, 1.82) is 0 Å². The van der Waals surface area contributed by atoms with Crippen LogP contribution in [0.15, 0.2) is 0 Å². The molecule has 136 valence electrons. The Morgan fingerprint density at radius 3 is 2.17 bits per heavy atom. The van der Waals surface area contributed by atoms with Gasteiger partial charge in [0.2, 0.25) is 5.91 Å². The van der Waals surface area contributed by atoms with Gasteiger partial charge in [0, 0.05) is 38.0 Å². The highest BCUT2D eigenvalue weighted by Crippen LogP contribution is 2.35. The number of likely N-dealkylation sites (N-methyl/N-ethyl adjacent to an activating group) is 1. The molecule has 7 heteroatoms. The van der Waals surface area contributed by atoms with E-state index in [1.165, 1.54) is 25.8 Å². The standard InChI is InChI=1S/C9H16N2O.C8H15N3O/c1-11-4-2-3-9(7-11)5-8(12)10-6-9;1-11-4-2-3-8(6-11)5-9-7(12)10-8/h2-7H2,1H3,(H,10,12);2-6H2,1H3,(H2,9,10,12). The van der Waals surface area contributed by atoms with Gasteiger partial charge in [0.05, 0.1) is 5.54 Å². The van der Waals surface area contributed by atoms with Crippen LogP contribution in [0.4, 0.5) is 4.79 Å². The number of carbonyl (C=O) groups is 2. The Morgan fingerprint density at radius 2 is 1.62 bits per heavy atom. The molecule has 0 aromatic carbocycles. The number of likely N-dealkylation sites (tertiary alicyclic amines) is 2. The summed E-state index contributed by atoms with van der Waals surface area (Å²) in [7, 11) is 4.25. The van der Waals surface area contributed by atoms with Crippen LogP contribution >= 0.6 is 0 Å². The Morgan fingerprint density at radius 1 is 0.917 bits per heavy atom. The first-order chi connectivity index (χ1) is 11.4. The first-order valence-electron chi connectivity index (χ1n) is 9.10. The summed E-state index contributed by atoms with van der Waals surface area (Å²) in [6, 6.07) is -0.00898. The van der Waals surface area contributed by atoms with Crippen molar-refractivity contribution in [1.82, 2.24) is 25.8 Å². The minimum atomic E-state index is -0.00898. The van der Waals surface area contributed by atoms with Gasteiger partial charge in [0.25, 0.3) is 0 Å². The van der Waals surface area contributed by atoms with Crippen molar-refractivity contribution in [3.8, 4) is 0 Å². The zero-order chi connectivity index (χ0) is 17.2. The van der Waals surface area contributed by atoms with E-state index < -0.39 is 0 Å². The summed E-state index contributed by atoms with van der Waals surface area (Å²) >= 11 is 0. The highest BCUT2D eigenvalue weighted by atomic mass is 16.2. The van der Waals surface area contributed by atoms with E-state index in [-0.39, 0.29) is 22.9 Å². The van der Waals surface area contributed by atoms with Crippen molar-refractivity contribution in [2.24, 2.45) is 5.41 Å². The van der Waals surface area contributed by atoms with Crippen LogP contribution in [0.3, 0.4) is 0 Å². The van der Waals surface area contributed by atoms with Gasteiger partial charge in [0.1, 0.15) is 0 Å². The second kappa shape index (κ2) is 6.88. The van der Waals surface area contributed by atoms with E-state index in [4.69, 9.17) is 0 Å². The van der Waals surface area contributed by atoms with Crippen molar-refractivity contribution >= 4 is 11.9 Å². The lowest BCUT2D eigenvalue weighted by Crippen LogP contribution is -2.55. The molecule has 4 rings (SSSR count). The molecule has 4 heterocycles. The van der Waals surface area contributed by atoms with Gasteiger partial charge in [-0.3, -0.25) is 4.79 Å². The van der Waals surface area contributed by atoms with Gasteiger partial charge in [0.15, 0.2) is 0 Å². The van der Waals surface area contributed by atoms with E-state index in [1.54, 1.807) is 0 Å². The molecule has 7 nitrogen and oxygen atoms in total. The Bertz CT molecular complexity index is 455. The number of rotatable bonds is 0. The third kappa shape index (κ3) is 4.00. The molecule has 0 aromatic heterocycles. The third-order valence-corrected chi connectivity index (χ3v) is 5.78. The zero-order valence-electron chi connectivity index (χ0n) is 15.0. The molecule has 4 aliphatic rings. The van der Waals surface area contributed by atoms with E-state index >= 15 is 0 Å². The van der Waals surface area contributed by atoms with Gasteiger partial charge in [-0.1, -0.05) is 0 Å². The molecule has 24 heavy (non-hydrogen) atoms. The molecule has 2 spiro atoms. The minimum Gasteiger partial charge on any atom is -0.355 e. The zero-order valence-corrected chi connectivity index (χ0v) is 15.0. The summed E-state index contributed by atoms with van der Waals surface area (Å²) in [5.74, 6) is 0.241. The van der Waals surface area contributed by atoms with Crippen molar-refractivity contribution in [2.75, 3.05) is 53.4 Å². The SMILES string of the molecule is CN1CCCC2(CNC(=O)C2)C1.CN1CCCC2(CNC(=O)N2)C1. The quantitative estimate of drug-likeness (QED) is 0.581. The van der Waals surface area contributed by atoms with Crippen LogP contribution in [-0.4, -0.2) is 80.6 Å². The fourth-order valence-corrected chi connectivity index (χ4v) is 4.68. The molecule has 3 N–H and O–H groups in total. The molecule has 0 aliphatic carbocycles. The van der Waals surface area contributed by atoms with Gasteiger partial charge < -0.3 is 25.8 Å². The number of piperidine rings is 2. The highest BCUT2D eigenvalue weighted by Gasteiger charge is 2.41. The van der Waals surface area contributed by atoms with E-state index in [9.17, 15) is 9.59 Å². The number of nitrogens with zero attached hydrogens (tertiary/aromatic N) is 2. The van der Waals surface area contributed by atoms with Crippen LogP contribution in [0, 0.1) is 5.41 Å². The van der Waals surface area contributed by atoms with Crippen LogP contribution in [0.2, 0.25) is 0 Å². The van der Waals surface area contributed by atoms with Gasteiger partial charge in [-0.25, -0.2) is 4.79 Å². The Hall–Kier alpha value is -1.34. The maximum atomic E-state index is 11.1. The Balaban J connectivity index is 0.000000141. The normalized spacial score (nSPS) is 36.9. The third-order valence-electron chi connectivity index (χ3n) is 5.78. The molecule has 0 saturated carbocycles. The maximum Gasteiger partial charge on any atom is 0.315 e. The monoisotopic (exact) mass is 337 g/mol. The number of amides is 3. The van der Waals surface area contributed by atoms with Crippen LogP contribution in [0.5, 0.6) is 0 Å². The Kier molecular flexibility index (Phi) is 5.01. The maximum absolute atomic E-state index is 11.1. The first-order valence-corrected chi connectivity index (χ1v) is 9.10. The number of nitrogens with one attached hydrogen (secondary N) is 3. The Labute approximate surface area is 144 Å². The summed E-state index contributed by atoms with van der Waals surface area (Å²) in [6.45, 7) is 6.09. The molecule has 0 bridgehead atoms. The summed E-state index contributed by atoms with van der Waals surface area (Å²) in [6.07, 6.45) is 5.49. The summed E-state index contributed by atoms with van der Waals surface area (Å²) in [5, 5.41) is 8.77. The van der Waals surface area contributed by atoms with Crippen molar-refractivity contribution in [2.45, 2.75) is 37.6 Å². The molecular weight excluding hydrogens is 306 g/mol. The van der Waals surface area contributed by atoms with Gasteiger partial charge in [-0.05, 0) is 52.9 Å². The van der Waals surface area contributed by atoms with E-state index in [1.807, 2.05) is 0 Å². The lowest BCUT2D eigenvalue weighted by molar-refractivity contribution is -0.119. The van der Waals surface area contributed by atoms with E-state index in [2.05, 4.69) is 39.8 Å². The van der Waals surface area contributed by atoms with Crippen LogP contribution in [0.1, 0.15) is 32.1 Å². The first kappa shape index (κ1) is 17.5. The second-order valence-corrected chi connectivity index (χ2v) is 8.22. The minimum absolute atomic E-state index is 0.00898. The van der Waals surface area contributed by atoms with E-state index in [0.29, 0.717) is 0 Å². The van der Waals surface area contributed by atoms with Crippen molar-refractivity contribution < 1.29 is 9.59 Å². The summed E-state index contributed by atoms with van der Waals surface area (Å²) in [4.78, 5) is 26.7. The summed E-state index contributed by atoms with van der Waals surface area (Å²) in [5.41, 5.74) is 0.314. The lowest BCUT2D eigenvalue weighted by Gasteiger charge is -2.37. The average molecular weight is 337 g/mol. The lowest BCUT2D eigenvalue weighted by atomic mass is 9.79. The van der Waals surface area contributed by atoms with Gasteiger partial charge in [-0.15, -0.1) is 0 Å². The number of urea groups is 1. The molecular formula is C17H31N5O2. The molecule has 3 amide bonds. The predicted molar refractivity (Wildman–Crippen MR) is 92.8 cm³/mol. The number of hydrogen-bond acceptors (Lipinski definition) is 4. The molecule has 4 aliphatic heterocycles. The van der Waals surface area contributed by atoms with Crippen molar-refractivity contribution in [3.05, 3.63) is 0 Å². The largest absolute Gasteiger partial charge is 0.355 e. The summed E-state index contributed by atoms with van der Waals surface area (Å²) < 4.78 is 0. The average Bonchev–Trinajstić information content (AvgIpc) is 3.03. The molecule has 2 unspecified atom stereocenters. The highest BCUT2D eigenvalue weighted by molar-refractivity contribution is 5.79. The fraction of sp³-hybridized carbons (Fsp3) is 0.882. The van der Waals surface area contributed by atoms with Crippen LogP contribution in [-0.2, 0) is 4.79 Å². The second-order valence-electron chi connectivity index (χ2n) is 8.22. The molecule has 0 aromatic rings. The molecule has 2 atom stereocenters. The number of carbonyl (C=O) groups excluding carboxylic acids is 2. The smallest absolute Gasteiger partial charge is 0.315 e. The fourth-order valence-electron chi connectivity index (χ4n) is 4.68. The molecule has 0 radical (unpaired) electrons. The van der Waals surface area contributed by atoms with Crippen LogP contribution < -0.4 is 16.0 Å².